The number of nitrogens with one attached hydrogen (secondary N) is 1. The number of carboxylic acids is 2. The lowest BCUT2D eigenvalue weighted by molar-refractivity contribution is -0.165. The number of aliphatic hydroxyl groups excluding tert-OH is 2. The number of ether oxygens (including phenoxy) is 1. The van der Waals surface area contributed by atoms with Crippen molar-refractivity contribution >= 4 is 21.8 Å². The van der Waals surface area contributed by atoms with E-state index >= 15 is 0 Å². The molecule has 0 aliphatic rings. The summed E-state index contributed by atoms with van der Waals surface area (Å²) in [6, 6.07) is 3.49. The summed E-state index contributed by atoms with van der Waals surface area (Å²) in [6.45, 7) is 3.95. The summed E-state index contributed by atoms with van der Waals surface area (Å²) >= 11 is 0. The fourth-order valence-corrected chi connectivity index (χ4v) is 2.30. The standard InChI is InChI=1S/C12H18FNO3S.C4H6O6.CH4/c1-3-4-14-5-6-17-11-7-10(13)8-12(9-11)18(2,15)16;5-1(3(7)8)2(6)4(9)10;/h7-9,14H,3-6H2,1-2H3;1-2,5-6H,(H,7,8)(H,9,10);1H4. The zero-order valence-corrected chi connectivity index (χ0v) is 16.1. The molecule has 0 aliphatic heterocycles. The molecule has 0 spiro atoms. The van der Waals surface area contributed by atoms with Gasteiger partial charge in [-0.3, -0.25) is 0 Å². The van der Waals surface area contributed by atoms with E-state index < -0.39 is 39.8 Å². The second-order valence-corrected chi connectivity index (χ2v) is 7.58. The van der Waals surface area contributed by atoms with Gasteiger partial charge in [0.25, 0.3) is 0 Å². The molecule has 0 saturated heterocycles. The van der Waals surface area contributed by atoms with Crippen LogP contribution in [0, 0.1) is 5.82 Å². The van der Waals surface area contributed by atoms with E-state index in [2.05, 4.69) is 12.2 Å². The zero-order valence-electron chi connectivity index (χ0n) is 15.3. The first kappa shape index (κ1) is 28.9. The Kier molecular flexibility index (Phi) is 13.8. The van der Waals surface area contributed by atoms with Crippen molar-refractivity contribution in [3.05, 3.63) is 24.0 Å². The first-order valence-corrected chi connectivity index (χ1v) is 9.95. The SMILES string of the molecule is C.CCCNCCOc1cc(F)cc(S(C)(=O)=O)c1.O=C(O)C(O)C(O)C(=O)O. The zero-order chi connectivity index (χ0) is 21.9. The van der Waals surface area contributed by atoms with Gasteiger partial charge in [0.05, 0.1) is 4.90 Å². The third-order valence-corrected chi connectivity index (χ3v) is 4.14. The van der Waals surface area contributed by atoms with Gasteiger partial charge < -0.3 is 30.5 Å². The Hall–Kier alpha value is -2.28. The van der Waals surface area contributed by atoms with E-state index in [1.807, 2.05) is 0 Å². The maximum Gasteiger partial charge on any atom is 0.335 e. The minimum absolute atomic E-state index is 0. The van der Waals surface area contributed by atoms with Crippen LogP contribution in [-0.4, -0.2) is 78.9 Å². The van der Waals surface area contributed by atoms with E-state index in [1.54, 1.807) is 0 Å². The average Bonchev–Trinajstić information content (AvgIpc) is 2.59. The fraction of sp³-hybridized carbons (Fsp3) is 0.529. The predicted molar refractivity (Wildman–Crippen MR) is 102 cm³/mol. The van der Waals surface area contributed by atoms with E-state index in [0.29, 0.717) is 13.2 Å². The van der Waals surface area contributed by atoms with Crippen LogP contribution in [0.3, 0.4) is 0 Å². The van der Waals surface area contributed by atoms with Gasteiger partial charge in [0.1, 0.15) is 18.2 Å². The summed E-state index contributed by atoms with van der Waals surface area (Å²) in [5.41, 5.74) is 0. The molecule has 168 valence electrons. The molecule has 0 fully saturated rings. The van der Waals surface area contributed by atoms with Gasteiger partial charge in [0.15, 0.2) is 22.0 Å². The van der Waals surface area contributed by atoms with Crippen LogP contribution in [-0.2, 0) is 19.4 Å². The maximum atomic E-state index is 13.2. The van der Waals surface area contributed by atoms with Crippen molar-refractivity contribution in [1.29, 1.82) is 0 Å². The minimum Gasteiger partial charge on any atom is -0.492 e. The first-order valence-electron chi connectivity index (χ1n) is 8.06. The molecule has 29 heavy (non-hydrogen) atoms. The second kappa shape index (κ2) is 13.8. The molecule has 0 bridgehead atoms. The molecule has 0 heterocycles. The molecule has 1 aromatic rings. The van der Waals surface area contributed by atoms with Crippen molar-refractivity contribution in [3.8, 4) is 5.75 Å². The number of halogens is 1. The van der Waals surface area contributed by atoms with Gasteiger partial charge in [-0.25, -0.2) is 22.4 Å². The molecule has 2 atom stereocenters. The number of rotatable bonds is 10. The summed E-state index contributed by atoms with van der Waals surface area (Å²) in [7, 11) is -3.42. The molecule has 12 heteroatoms. The highest BCUT2D eigenvalue weighted by molar-refractivity contribution is 7.90. The summed E-state index contributed by atoms with van der Waals surface area (Å²) in [5.74, 6) is -3.92. The van der Waals surface area contributed by atoms with E-state index in [4.69, 9.17) is 25.2 Å². The Morgan fingerprint density at radius 3 is 2.03 bits per heavy atom. The van der Waals surface area contributed by atoms with Crippen LogP contribution in [0.15, 0.2) is 23.1 Å². The lowest BCUT2D eigenvalue weighted by atomic mass is 10.2. The minimum atomic E-state index is -3.42. The lowest BCUT2D eigenvalue weighted by Gasteiger charge is -2.08. The summed E-state index contributed by atoms with van der Waals surface area (Å²) in [6.07, 6.45) is -2.47. The molecule has 5 N–H and O–H groups in total. The highest BCUT2D eigenvalue weighted by Gasteiger charge is 2.29. The number of aliphatic hydroxyl groups is 2. The monoisotopic (exact) mass is 441 g/mol. The second-order valence-electron chi connectivity index (χ2n) is 5.56. The number of carboxylic acid groups (broad SMARTS) is 2. The highest BCUT2D eigenvalue weighted by atomic mass is 32.2. The van der Waals surface area contributed by atoms with Gasteiger partial charge in [-0.05, 0) is 25.1 Å². The maximum absolute atomic E-state index is 13.2. The number of benzene rings is 1. The molecule has 0 aliphatic carbocycles. The smallest absolute Gasteiger partial charge is 0.335 e. The molecule has 2 unspecified atom stereocenters. The van der Waals surface area contributed by atoms with E-state index in [1.165, 1.54) is 12.1 Å². The van der Waals surface area contributed by atoms with Gasteiger partial charge >= 0.3 is 11.9 Å². The van der Waals surface area contributed by atoms with Crippen LogP contribution in [0.5, 0.6) is 5.75 Å². The average molecular weight is 441 g/mol. The molecular formula is C17H28FNO9S. The number of carbonyl (C=O) groups is 2. The van der Waals surface area contributed by atoms with Crippen LogP contribution in [0.4, 0.5) is 4.39 Å². The molecule has 0 saturated carbocycles. The van der Waals surface area contributed by atoms with Crippen molar-refractivity contribution in [2.45, 2.75) is 37.9 Å². The Morgan fingerprint density at radius 2 is 1.62 bits per heavy atom. The molecule has 10 nitrogen and oxygen atoms in total. The normalized spacial score (nSPS) is 12.6. The first-order chi connectivity index (χ1) is 12.9. The number of hydrogen-bond acceptors (Lipinski definition) is 8. The van der Waals surface area contributed by atoms with E-state index in [0.717, 1.165) is 25.3 Å². The quantitative estimate of drug-likeness (QED) is 0.314. The van der Waals surface area contributed by atoms with Crippen LogP contribution in [0.25, 0.3) is 0 Å². The van der Waals surface area contributed by atoms with Crippen molar-refractivity contribution < 1.29 is 47.6 Å². The van der Waals surface area contributed by atoms with E-state index in [9.17, 15) is 22.4 Å². The van der Waals surface area contributed by atoms with Crippen LogP contribution >= 0.6 is 0 Å². The van der Waals surface area contributed by atoms with Gasteiger partial charge in [0, 0.05) is 18.9 Å². The van der Waals surface area contributed by atoms with Crippen LogP contribution in [0.2, 0.25) is 0 Å². The molecule has 1 rings (SSSR count). The van der Waals surface area contributed by atoms with Gasteiger partial charge in [0.2, 0.25) is 0 Å². The molecule has 0 aromatic heterocycles. The topological polar surface area (TPSA) is 170 Å². The number of hydrogen-bond donors (Lipinski definition) is 5. The van der Waals surface area contributed by atoms with Crippen LogP contribution < -0.4 is 10.1 Å². The van der Waals surface area contributed by atoms with Crippen molar-refractivity contribution in [1.82, 2.24) is 5.32 Å². The Labute approximate surface area is 168 Å². The van der Waals surface area contributed by atoms with Crippen molar-refractivity contribution in [2.24, 2.45) is 0 Å². The Balaban J connectivity index is 0. The summed E-state index contributed by atoms with van der Waals surface area (Å²) in [5, 5.41) is 35.7. The van der Waals surface area contributed by atoms with Crippen molar-refractivity contribution in [3.63, 3.8) is 0 Å². The predicted octanol–water partition coefficient (Wildman–Crippen LogP) is 0.121. The molecular weight excluding hydrogens is 413 g/mol. The van der Waals surface area contributed by atoms with Crippen LogP contribution in [0.1, 0.15) is 20.8 Å². The highest BCUT2D eigenvalue weighted by Crippen LogP contribution is 2.19. The Bertz CT molecular complexity index is 737. The summed E-state index contributed by atoms with van der Waals surface area (Å²) < 4.78 is 41.2. The molecule has 0 radical (unpaired) electrons. The lowest BCUT2D eigenvalue weighted by Crippen LogP contribution is -2.39. The molecule has 0 amide bonds. The third-order valence-electron chi connectivity index (χ3n) is 3.05. The van der Waals surface area contributed by atoms with Crippen molar-refractivity contribution in [2.75, 3.05) is 26.0 Å². The Morgan fingerprint density at radius 1 is 1.10 bits per heavy atom. The number of sulfone groups is 1. The van der Waals surface area contributed by atoms with Gasteiger partial charge in [-0.15, -0.1) is 0 Å². The summed E-state index contributed by atoms with van der Waals surface area (Å²) in [4.78, 5) is 19.5. The molecule has 1 aromatic carbocycles. The number of aliphatic carboxylic acids is 2. The third kappa shape index (κ3) is 12.0. The van der Waals surface area contributed by atoms with Gasteiger partial charge in [-0.1, -0.05) is 14.4 Å². The van der Waals surface area contributed by atoms with E-state index in [-0.39, 0.29) is 18.1 Å². The van der Waals surface area contributed by atoms with Gasteiger partial charge in [-0.2, -0.15) is 0 Å². The fourth-order valence-electron chi connectivity index (χ4n) is 1.65. The largest absolute Gasteiger partial charge is 0.492 e.